The molecule has 192 valence electrons. The molecule has 1 heterocycles. The molecular formula is C30H55NO2. The second-order valence-electron chi connectivity index (χ2n) is 10.1. The van der Waals surface area contributed by atoms with Gasteiger partial charge < -0.3 is 10.2 Å². The molecule has 1 aromatic heterocycles. The molecule has 1 aromatic rings. The third-order valence-corrected chi connectivity index (χ3v) is 7.07. The van der Waals surface area contributed by atoms with E-state index >= 15 is 0 Å². The molecule has 3 nitrogen and oxygen atoms in total. The largest absolute Gasteiger partial charge is 0.494 e. The quantitative estimate of drug-likeness (QED) is 0.133. The average molecular weight is 462 g/mol. The fourth-order valence-electron chi connectivity index (χ4n) is 4.88. The summed E-state index contributed by atoms with van der Waals surface area (Å²) in [6, 6.07) is 3.26. The number of unbranched alkanes of at least 4 members (excludes halogenated alkanes) is 17. The van der Waals surface area contributed by atoms with Gasteiger partial charge in [0.25, 0.3) is 0 Å². The Labute approximate surface area is 205 Å². The molecule has 0 bridgehead atoms. The molecule has 1 unspecified atom stereocenters. The summed E-state index contributed by atoms with van der Waals surface area (Å²) in [7, 11) is 0. The fourth-order valence-corrected chi connectivity index (χ4v) is 4.88. The maximum absolute atomic E-state index is 10.3. The first-order chi connectivity index (χ1) is 16.1. The third kappa shape index (κ3) is 13.8. The van der Waals surface area contributed by atoms with Crippen LogP contribution < -0.4 is 0 Å². The van der Waals surface area contributed by atoms with E-state index in [9.17, 15) is 10.2 Å². The van der Waals surface area contributed by atoms with E-state index in [1.807, 2.05) is 0 Å². The van der Waals surface area contributed by atoms with Crippen molar-refractivity contribution >= 4 is 0 Å². The Morgan fingerprint density at radius 1 is 0.667 bits per heavy atom. The number of aromatic nitrogens is 1. The van der Waals surface area contributed by atoms with Crippen LogP contribution >= 0.6 is 0 Å². The van der Waals surface area contributed by atoms with Crippen molar-refractivity contribution in [2.24, 2.45) is 0 Å². The van der Waals surface area contributed by atoms with Crippen molar-refractivity contribution in [2.45, 2.75) is 155 Å². The number of rotatable bonds is 22. The van der Waals surface area contributed by atoms with Crippen LogP contribution in [0.15, 0.2) is 23.8 Å². The van der Waals surface area contributed by atoms with Gasteiger partial charge in [-0.3, -0.25) is 4.57 Å². The first-order valence-electron chi connectivity index (χ1n) is 14.4. The predicted molar refractivity (Wildman–Crippen MR) is 144 cm³/mol. The fraction of sp³-hybridized carbons (Fsp3) is 0.800. The molecule has 0 aromatic carbocycles. The number of hydrogen-bond donors (Lipinski definition) is 2. The molecule has 0 saturated carbocycles. The van der Waals surface area contributed by atoms with Crippen LogP contribution in [-0.2, 0) is 0 Å². The first kappa shape index (κ1) is 29.7. The third-order valence-electron chi connectivity index (χ3n) is 7.07. The summed E-state index contributed by atoms with van der Waals surface area (Å²) in [5, 5.41) is 20.6. The van der Waals surface area contributed by atoms with Gasteiger partial charge in [-0.25, -0.2) is 0 Å². The monoisotopic (exact) mass is 461 g/mol. The second kappa shape index (κ2) is 20.0. The summed E-state index contributed by atoms with van der Waals surface area (Å²) in [6.45, 7) is 6.70. The van der Waals surface area contributed by atoms with Crippen molar-refractivity contribution in [3.8, 4) is 11.8 Å². The second-order valence-corrected chi connectivity index (χ2v) is 10.1. The molecule has 0 saturated heterocycles. The Hall–Kier alpha value is -1.38. The molecule has 0 amide bonds. The van der Waals surface area contributed by atoms with Crippen LogP contribution in [0.2, 0.25) is 0 Å². The lowest BCUT2D eigenvalue weighted by Gasteiger charge is -2.22. The first-order valence-corrected chi connectivity index (χ1v) is 14.4. The Kier molecular flexibility index (Phi) is 18.0. The highest BCUT2D eigenvalue weighted by molar-refractivity contribution is 5.28. The summed E-state index contributed by atoms with van der Waals surface area (Å²) in [5.41, 5.74) is 1.27. The molecule has 1 atom stereocenters. The van der Waals surface area contributed by atoms with Gasteiger partial charge in [0.05, 0.1) is 6.04 Å². The maximum Gasteiger partial charge on any atom is 0.194 e. The van der Waals surface area contributed by atoms with Gasteiger partial charge in [0.1, 0.15) is 0 Å². The molecule has 3 heteroatoms. The lowest BCUT2D eigenvalue weighted by molar-refractivity contribution is 0.336. The van der Waals surface area contributed by atoms with E-state index in [1.165, 1.54) is 115 Å². The van der Waals surface area contributed by atoms with E-state index in [1.54, 1.807) is 16.7 Å². The van der Waals surface area contributed by atoms with Crippen molar-refractivity contribution in [1.82, 2.24) is 4.57 Å². The van der Waals surface area contributed by atoms with Gasteiger partial charge in [-0.2, -0.15) is 0 Å². The number of allylic oxidation sites excluding steroid dienone is 2. The van der Waals surface area contributed by atoms with Crippen molar-refractivity contribution in [2.75, 3.05) is 0 Å². The predicted octanol–water partition coefficient (Wildman–Crippen LogP) is 10.2. The minimum atomic E-state index is 0.0588. The molecule has 0 aliphatic rings. The zero-order valence-corrected chi connectivity index (χ0v) is 22.3. The van der Waals surface area contributed by atoms with E-state index in [2.05, 4.69) is 26.8 Å². The zero-order chi connectivity index (χ0) is 24.2. The Morgan fingerprint density at radius 3 is 1.52 bits per heavy atom. The van der Waals surface area contributed by atoms with E-state index in [0.29, 0.717) is 0 Å². The van der Waals surface area contributed by atoms with Gasteiger partial charge in [0.2, 0.25) is 0 Å². The normalized spacial score (nSPS) is 13.0. The molecular weight excluding hydrogens is 406 g/mol. The van der Waals surface area contributed by atoms with E-state index in [0.717, 1.165) is 19.3 Å². The molecule has 33 heavy (non-hydrogen) atoms. The van der Waals surface area contributed by atoms with Gasteiger partial charge in [0, 0.05) is 12.1 Å². The average Bonchev–Trinajstić information content (AvgIpc) is 3.14. The highest BCUT2D eigenvalue weighted by Gasteiger charge is 2.19. The smallest absolute Gasteiger partial charge is 0.194 e. The highest BCUT2D eigenvalue weighted by Crippen LogP contribution is 2.34. The number of hydrogen-bond acceptors (Lipinski definition) is 2. The lowest BCUT2D eigenvalue weighted by Crippen LogP contribution is -2.10. The standard InChI is InChI=1S/C30H55NO2/c1-4-6-8-10-12-13-14-15-16-17-18-19-21-23-27(3)28(24-22-20-11-9-7-5-2)31-29(32)25-26-30(31)33/h23,25-26,28,32-33H,4-22,24H2,1-3H3. The molecule has 1 rings (SSSR count). The Balaban J connectivity index is 2.29. The minimum Gasteiger partial charge on any atom is -0.494 e. The lowest BCUT2D eigenvalue weighted by atomic mass is 9.98. The number of aromatic hydroxyl groups is 2. The SMILES string of the molecule is CCCCCCCCCCCCCCC=C(C)C(CCCCCCCC)n1c(O)ccc1O. The van der Waals surface area contributed by atoms with E-state index in [4.69, 9.17) is 0 Å². The maximum atomic E-state index is 10.3. The van der Waals surface area contributed by atoms with Crippen LogP contribution in [0.3, 0.4) is 0 Å². The van der Waals surface area contributed by atoms with Crippen LogP contribution in [-0.4, -0.2) is 14.8 Å². The minimum absolute atomic E-state index is 0.0588. The Bertz CT molecular complexity index is 585. The van der Waals surface area contributed by atoms with Crippen LogP contribution in [0.5, 0.6) is 11.8 Å². The molecule has 0 aliphatic heterocycles. The van der Waals surface area contributed by atoms with Crippen molar-refractivity contribution < 1.29 is 10.2 Å². The summed E-state index contributed by atoms with van der Waals surface area (Å²) in [4.78, 5) is 0. The van der Waals surface area contributed by atoms with Gasteiger partial charge in [-0.1, -0.05) is 135 Å². The number of nitrogens with zero attached hydrogens (tertiary/aromatic N) is 1. The van der Waals surface area contributed by atoms with Crippen LogP contribution in [0, 0.1) is 0 Å². The van der Waals surface area contributed by atoms with Crippen molar-refractivity contribution in [3.05, 3.63) is 23.8 Å². The molecule has 0 radical (unpaired) electrons. The van der Waals surface area contributed by atoms with Crippen molar-refractivity contribution in [1.29, 1.82) is 0 Å². The summed E-state index contributed by atoms with van der Waals surface area (Å²) in [6.07, 6.45) is 28.5. The van der Waals surface area contributed by atoms with Gasteiger partial charge in [0.15, 0.2) is 11.8 Å². The van der Waals surface area contributed by atoms with E-state index < -0.39 is 0 Å². The van der Waals surface area contributed by atoms with Gasteiger partial charge in [-0.05, 0) is 26.2 Å². The topological polar surface area (TPSA) is 45.4 Å². The Morgan fingerprint density at radius 2 is 1.06 bits per heavy atom. The van der Waals surface area contributed by atoms with E-state index in [-0.39, 0.29) is 17.8 Å². The van der Waals surface area contributed by atoms with Gasteiger partial charge >= 0.3 is 0 Å². The summed E-state index contributed by atoms with van der Waals surface area (Å²) < 4.78 is 1.71. The molecule has 0 aliphatic carbocycles. The highest BCUT2D eigenvalue weighted by atomic mass is 16.3. The van der Waals surface area contributed by atoms with Crippen LogP contribution in [0.1, 0.15) is 155 Å². The molecule has 0 fully saturated rings. The van der Waals surface area contributed by atoms with Crippen molar-refractivity contribution in [3.63, 3.8) is 0 Å². The molecule has 2 N–H and O–H groups in total. The van der Waals surface area contributed by atoms with Gasteiger partial charge in [-0.15, -0.1) is 0 Å². The summed E-state index contributed by atoms with van der Waals surface area (Å²) >= 11 is 0. The molecule has 0 spiro atoms. The summed E-state index contributed by atoms with van der Waals surface area (Å²) in [5.74, 6) is 0.336. The zero-order valence-electron chi connectivity index (χ0n) is 22.3. The van der Waals surface area contributed by atoms with Crippen LogP contribution in [0.25, 0.3) is 0 Å². The van der Waals surface area contributed by atoms with Crippen LogP contribution in [0.4, 0.5) is 0 Å².